The maximum Gasteiger partial charge on any atom is 0.235 e. The van der Waals surface area contributed by atoms with Crippen LogP contribution >= 0.6 is 11.3 Å². The van der Waals surface area contributed by atoms with Crippen LogP contribution in [0.15, 0.2) is 127 Å². The predicted octanol–water partition coefficient (Wildman–Crippen LogP) is 9.91. The van der Waals surface area contributed by atoms with Gasteiger partial charge in [0.1, 0.15) is 0 Å². The number of nitrogens with zero attached hydrogens (tertiary/aromatic N) is 3. The summed E-state index contributed by atoms with van der Waals surface area (Å²) >= 11 is 1.84. The van der Waals surface area contributed by atoms with Crippen molar-refractivity contribution in [2.45, 2.75) is 0 Å². The van der Waals surface area contributed by atoms with Crippen molar-refractivity contribution in [3.8, 4) is 17.2 Å². The first-order valence-corrected chi connectivity index (χ1v) is 14.2. The minimum absolute atomic E-state index is 0.686. The molecule has 0 amide bonds. The van der Waals surface area contributed by atoms with Crippen LogP contribution in [0.25, 0.3) is 80.9 Å². The summed E-state index contributed by atoms with van der Waals surface area (Å²) in [5.41, 5.74) is 5.20. The molecule has 0 aliphatic heterocycles. The standard InChI is InChI=1S/C36H21N3S/c1-2-10-23-21-32-28(19-22(23)9-1)25-11-4-7-15-31(25)39(32)36-37-30-14-6-3-13-27(30)35(38-36)24-17-18-34-29(20-24)26-12-5-8-16-33(26)40-34/h1-21H. The summed E-state index contributed by atoms with van der Waals surface area (Å²) in [5, 5.41) is 8.45. The normalized spacial score (nSPS) is 12.0. The van der Waals surface area contributed by atoms with E-state index in [9.17, 15) is 0 Å². The van der Waals surface area contributed by atoms with E-state index in [1.54, 1.807) is 0 Å². The van der Waals surface area contributed by atoms with E-state index >= 15 is 0 Å². The minimum Gasteiger partial charge on any atom is -0.278 e. The fraction of sp³-hybridized carbons (Fsp3) is 0. The van der Waals surface area contributed by atoms with Crippen LogP contribution in [-0.4, -0.2) is 14.5 Å². The van der Waals surface area contributed by atoms with Crippen molar-refractivity contribution in [2.75, 3.05) is 0 Å². The van der Waals surface area contributed by atoms with Crippen LogP contribution in [-0.2, 0) is 0 Å². The molecule has 0 fully saturated rings. The monoisotopic (exact) mass is 527 g/mol. The maximum atomic E-state index is 5.32. The number of aromatic nitrogens is 3. The molecule has 0 radical (unpaired) electrons. The van der Waals surface area contributed by atoms with Crippen molar-refractivity contribution in [1.29, 1.82) is 0 Å². The molecule has 6 aromatic carbocycles. The van der Waals surface area contributed by atoms with E-state index in [4.69, 9.17) is 9.97 Å². The lowest BCUT2D eigenvalue weighted by atomic mass is 10.0. The number of hydrogen-bond donors (Lipinski definition) is 0. The Morgan fingerprint density at radius 3 is 2.08 bits per heavy atom. The molecule has 186 valence electrons. The molecule has 0 atom stereocenters. The summed E-state index contributed by atoms with van der Waals surface area (Å²) < 4.78 is 4.82. The number of rotatable bonds is 2. The third-order valence-corrected chi connectivity index (χ3v) is 9.13. The molecule has 3 aromatic heterocycles. The van der Waals surface area contributed by atoms with Crippen molar-refractivity contribution in [3.05, 3.63) is 127 Å². The third-order valence-electron chi connectivity index (χ3n) is 7.98. The summed E-state index contributed by atoms with van der Waals surface area (Å²) in [4.78, 5) is 10.5. The van der Waals surface area contributed by atoms with Gasteiger partial charge in [-0.3, -0.25) is 4.57 Å². The Balaban J connectivity index is 1.38. The van der Waals surface area contributed by atoms with Crippen LogP contribution in [0.2, 0.25) is 0 Å². The van der Waals surface area contributed by atoms with Gasteiger partial charge in [-0.25, -0.2) is 9.97 Å². The summed E-state index contributed by atoms with van der Waals surface area (Å²) in [6.45, 7) is 0. The fourth-order valence-corrected chi connectivity index (χ4v) is 7.21. The van der Waals surface area contributed by atoms with Crippen LogP contribution in [0, 0.1) is 0 Å². The fourth-order valence-electron chi connectivity index (χ4n) is 6.13. The van der Waals surface area contributed by atoms with E-state index in [1.807, 2.05) is 11.3 Å². The van der Waals surface area contributed by atoms with Gasteiger partial charge in [0.15, 0.2) is 0 Å². The van der Waals surface area contributed by atoms with Crippen molar-refractivity contribution >= 4 is 75.0 Å². The highest BCUT2D eigenvalue weighted by molar-refractivity contribution is 7.25. The highest BCUT2D eigenvalue weighted by atomic mass is 32.1. The SMILES string of the molecule is c1ccc2cc3c(cc2c1)c1ccccc1n3-c1nc(-c2ccc3sc4ccccc4c3c2)c2ccccc2n1. The smallest absolute Gasteiger partial charge is 0.235 e. The number of fused-ring (bicyclic) bond motifs is 8. The van der Waals surface area contributed by atoms with Crippen molar-refractivity contribution in [3.63, 3.8) is 0 Å². The van der Waals surface area contributed by atoms with E-state index in [-0.39, 0.29) is 0 Å². The van der Waals surface area contributed by atoms with Crippen LogP contribution < -0.4 is 0 Å². The summed E-state index contributed by atoms with van der Waals surface area (Å²) in [6, 6.07) is 45.4. The Labute approximate surface area is 233 Å². The van der Waals surface area contributed by atoms with Gasteiger partial charge in [-0.1, -0.05) is 84.9 Å². The molecule has 0 N–H and O–H groups in total. The van der Waals surface area contributed by atoms with Crippen molar-refractivity contribution < 1.29 is 0 Å². The molecular weight excluding hydrogens is 506 g/mol. The molecule has 0 saturated heterocycles. The molecule has 0 aliphatic carbocycles. The minimum atomic E-state index is 0.686. The van der Waals surface area contributed by atoms with E-state index in [0.29, 0.717) is 5.95 Å². The Kier molecular flexibility index (Phi) is 4.48. The van der Waals surface area contributed by atoms with E-state index in [2.05, 4.69) is 132 Å². The third kappa shape index (κ3) is 3.11. The quantitative estimate of drug-likeness (QED) is 0.224. The zero-order chi connectivity index (χ0) is 26.2. The molecule has 3 nitrogen and oxygen atoms in total. The first-order valence-electron chi connectivity index (χ1n) is 13.4. The molecule has 9 rings (SSSR count). The zero-order valence-electron chi connectivity index (χ0n) is 21.4. The number of thiophene rings is 1. The Bertz CT molecular complexity index is 2450. The molecule has 0 bridgehead atoms. The van der Waals surface area contributed by atoms with Gasteiger partial charge in [0.05, 0.1) is 22.2 Å². The molecule has 0 spiro atoms. The maximum absolute atomic E-state index is 5.32. The molecule has 0 saturated carbocycles. The van der Waals surface area contributed by atoms with Crippen molar-refractivity contribution in [2.24, 2.45) is 0 Å². The van der Waals surface area contributed by atoms with Gasteiger partial charge in [0.2, 0.25) is 5.95 Å². The van der Waals surface area contributed by atoms with Gasteiger partial charge in [-0.15, -0.1) is 11.3 Å². The predicted molar refractivity (Wildman–Crippen MR) is 170 cm³/mol. The van der Waals surface area contributed by atoms with E-state index in [1.165, 1.54) is 41.7 Å². The van der Waals surface area contributed by atoms with Crippen LogP contribution in [0.1, 0.15) is 0 Å². The van der Waals surface area contributed by atoms with E-state index in [0.717, 1.165) is 33.2 Å². The number of benzene rings is 6. The second-order valence-electron chi connectivity index (χ2n) is 10.3. The van der Waals surface area contributed by atoms with Crippen LogP contribution in [0.4, 0.5) is 0 Å². The molecular formula is C36H21N3S. The highest BCUT2D eigenvalue weighted by Crippen LogP contribution is 2.39. The van der Waals surface area contributed by atoms with E-state index < -0.39 is 0 Å². The van der Waals surface area contributed by atoms with Crippen molar-refractivity contribution in [1.82, 2.24) is 14.5 Å². The molecule has 0 aliphatic rings. The number of para-hydroxylation sites is 2. The topological polar surface area (TPSA) is 30.7 Å². The molecule has 4 heteroatoms. The second kappa shape index (κ2) is 8.22. The summed E-state index contributed by atoms with van der Waals surface area (Å²) in [6.07, 6.45) is 0. The van der Waals surface area contributed by atoms with Gasteiger partial charge >= 0.3 is 0 Å². The van der Waals surface area contributed by atoms with Crippen LogP contribution in [0.5, 0.6) is 0 Å². The largest absolute Gasteiger partial charge is 0.278 e. The van der Waals surface area contributed by atoms with Gasteiger partial charge < -0.3 is 0 Å². The Morgan fingerprint density at radius 1 is 0.475 bits per heavy atom. The van der Waals surface area contributed by atoms with Gasteiger partial charge in [0.25, 0.3) is 0 Å². The molecule has 9 aromatic rings. The first kappa shape index (κ1) is 21.8. The lowest BCUT2D eigenvalue weighted by Crippen LogP contribution is -2.03. The molecule has 40 heavy (non-hydrogen) atoms. The Hall–Kier alpha value is -5.06. The summed E-state index contributed by atoms with van der Waals surface area (Å²) in [7, 11) is 0. The van der Waals surface area contributed by atoms with Gasteiger partial charge in [0, 0.05) is 41.9 Å². The van der Waals surface area contributed by atoms with Crippen LogP contribution in [0.3, 0.4) is 0 Å². The zero-order valence-corrected chi connectivity index (χ0v) is 22.2. The lowest BCUT2D eigenvalue weighted by Gasteiger charge is -2.12. The highest BCUT2D eigenvalue weighted by Gasteiger charge is 2.18. The molecule has 3 heterocycles. The number of hydrogen-bond acceptors (Lipinski definition) is 3. The summed E-state index contributed by atoms with van der Waals surface area (Å²) in [5.74, 6) is 0.686. The first-order chi connectivity index (χ1) is 19.8. The van der Waals surface area contributed by atoms with Gasteiger partial charge in [-0.05, 0) is 53.2 Å². The lowest BCUT2D eigenvalue weighted by molar-refractivity contribution is 1.01. The molecule has 0 unspecified atom stereocenters. The second-order valence-corrected chi connectivity index (χ2v) is 11.4. The average Bonchev–Trinajstić information content (AvgIpc) is 3.54. The average molecular weight is 528 g/mol. The Morgan fingerprint density at radius 2 is 1.18 bits per heavy atom. The van der Waals surface area contributed by atoms with Gasteiger partial charge in [-0.2, -0.15) is 0 Å².